The van der Waals surface area contributed by atoms with Gasteiger partial charge < -0.3 is 4.74 Å². The number of hydrogen-bond acceptors (Lipinski definition) is 5. The molecule has 22 heavy (non-hydrogen) atoms. The first-order valence-electron chi connectivity index (χ1n) is 7.06. The first kappa shape index (κ1) is 16.4. The van der Waals surface area contributed by atoms with Gasteiger partial charge in [0, 0.05) is 0 Å². The number of aryl methyl sites for hydroxylation is 2. The van der Waals surface area contributed by atoms with Gasteiger partial charge in [0.15, 0.2) is 6.61 Å². The SMILES string of the molecule is CCSc1nnc(C)n1NC(=O)COc1cccc(C)c1C. The van der Waals surface area contributed by atoms with E-state index in [1.165, 1.54) is 11.8 Å². The van der Waals surface area contributed by atoms with Crippen molar-refractivity contribution in [1.29, 1.82) is 0 Å². The number of benzene rings is 1. The smallest absolute Gasteiger partial charge is 0.276 e. The van der Waals surface area contributed by atoms with Crippen LogP contribution in [0.25, 0.3) is 0 Å². The molecule has 6 nitrogen and oxygen atoms in total. The van der Waals surface area contributed by atoms with Crippen molar-refractivity contribution in [2.45, 2.75) is 32.9 Å². The molecule has 0 radical (unpaired) electrons. The summed E-state index contributed by atoms with van der Waals surface area (Å²) < 4.78 is 7.18. The van der Waals surface area contributed by atoms with Crippen molar-refractivity contribution in [2.24, 2.45) is 0 Å². The highest BCUT2D eigenvalue weighted by atomic mass is 32.2. The van der Waals surface area contributed by atoms with Crippen molar-refractivity contribution in [3.05, 3.63) is 35.2 Å². The maximum absolute atomic E-state index is 12.1. The molecule has 0 saturated heterocycles. The van der Waals surface area contributed by atoms with Gasteiger partial charge in [0.2, 0.25) is 5.16 Å². The number of rotatable bonds is 6. The molecule has 2 rings (SSSR count). The summed E-state index contributed by atoms with van der Waals surface area (Å²) in [6.45, 7) is 7.74. The van der Waals surface area contributed by atoms with Gasteiger partial charge in [-0.05, 0) is 43.7 Å². The summed E-state index contributed by atoms with van der Waals surface area (Å²) in [6.07, 6.45) is 0. The molecule has 0 fully saturated rings. The number of ether oxygens (including phenoxy) is 1. The van der Waals surface area contributed by atoms with Gasteiger partial charge in [-0.25, -0.2) is 4.68 Å². The van der Waals surface area contributed by atoms with E-state index in [2.05, 4.69) is 15.6 Å². The van der Waals surface area contributed by atoms with E-state index in [-0.39, 0.29) is 12.5 Å². The van der Waals surface area contributed by atoms with E-state index in [1.54, 1.807) is 11.6 Å². The Bertz CT molecular complexity index is 670. The standard InChI is InChI=1S/C15H20N4O2S/c1-5-22-15-17-16-12(4)19(15)18-14(20)9-21-13-8-6-7-10(2)11(13)3/h6-8H,5,9H2,1-4H3,(H,18,20). The Balaban J connectivity index is 1.99. The van der Waals surface area contributed by atoms with Gasteiger partial charge in [-0.3, -0.25) is 10.2 Å². The van der Waals surface area contributed by atoms with Gasteiger partial charge in [-0.15, -0.1) is 10.2 Å². The molecule has 1 amide bonds. The van der Waals surface area contributed by atoms with Crippen LogP contribution in [0.3, 0.4) is 0 Å². The zero-order valence-corrected chi connectivity index (χ0v) is 14.0. The molecular weight excluding hydrogens is 300 g/mol. The van der Waals surface area contributed by atoms with E-state index < -0.39 is 0 Å². The average molecular weight is 320 g/mol. The first-order valence-corrected chi connectivity index (χ1v) is 8.05. The molecule has 0 saturated carbocycles. The van der Waals surface area contributed by atoms with Crippen LogP contribution in [-0.4, -0.2) is 33.1 Å². The minimum Gasteiger partial charge on any atom is -0.483 e. The molecular formula is C15H20N4O2S. The van der Waals surface area contributed by atoms with E-state index >= 15 is 0 Å². The molecule has 7 heteroatoms. The van der Waals surface area contributed by atoms with Crippen LogP contribution < -0.4 is 10.2 Å². The van der Waals surface area contributed by atoms with Crippen molar-refractivity contribution in [1.82, 2.24) is 14.9 Å². The Morgan fingerprint density at radius 2 is 2.09 bits per heavy atom. The third kappa shape index (κ3) is 3.79. The van der Waals surface area contributed by atoms with Crippen molar-refractivity contribution < 1.29 is 9.53 Å². The Kier molecular flexibility index (Phi) is 5.43. The van der Waals surface area contributed by atoms with Gasteiger partial charge in [0.25, 0.3) is 5.91 Å². The van der Waals surface area contributed by atoms with Gasteiger partial charge in [0.05, 0.1) is 0 Å². The number of hydrogen-bond donors (Lipinski definition) is 1. The molecule has 0 unspecified atom stereocenters. The molecule has 1 N–H and O–H groups in total. The number of carbonyl (C=O) groups is 1. The topological polar surface area (TPSA) is 69.0 Å². The molecule has 1 aromatic carbocycles. The number of aromatic nitrogens is 3. The van der Waals surface area contributed by atoms with Crippen LogP contribution in [0.15, 0.2) is 23.4 Å². The molecule has 0 aliphatic carbocycles. The number of thioether (sulfide) groups is 1. The molecule has 0 atom stereocenters. The quantitative estimate of drug-likeness (QED) is 0.828. The van der Waals surface area contributed by atoms with Crippen LogP contribution in [-0.2, 0) is 4.79 Å². The second-order valence-corrected chi connectivity index (χ2v) is 6.05. The zero-order chi connectivity index (χ0) is 16.1. The third-order valence-electron chi connectivity index (χ3n) is 3.22. The molecule has 0 aliphatic heterocycles. The zero-order valence-electron chi connectivity index (χ0n) is 13.2. The third-order valence-corrected chi connectivity index (χ3v) is 4.03. The van der Waals surface area contributed by atoms with E-state index in [0.717, 1.165) is 22.6 Å². The highest BCUT2D eigenvalue weighted by Crippen LogP contribution is 2.20. The lowest BCUT2D eigenvalue weighted by Gasteiger charge is -2.12. The van der Waals surface area contributed by atoms with Crippen molar-refractivity contribution in [3.63, 3.8) is 0 Å². The minimum atomic E-state index is -0.248. The highest BCUT2D eigenvalue weighted by molar-refractivity contribution is 7.99. The number of amides is 1. The van der Waals surface area contributed by atoms with Crippen molar-refractivity contribution >= 4 is 17.7 Å². The van der Waals surface area contributed by atoms with Gasteiger partial charge in [0.1, 0.15) is 11.6 Å². The molecule has 118 valence electrons. The van der Waals surface area contributed by atoms with E-state index in [9.17, 15) is 4.79 Å². The lowest BCUT2D eigenvalue weighted by atomic mass is 10.1. The fourth-order valence-electron chi connectivity index (χ4n) is 1.88. The van der Waals surface area contributed by atoms with Gasteiger partial charge in [-0.1, -0.05) is 30.8 Å². The van der Waals surface area contributed by atoms with Crippen LogP contribution in [0.2, 0.25) is 0 Å². The van der Waals surface area contributed by atoms with Crippen molar-refractivity contribution in [3.8, 4) is 5.75 Å². The Morgan fingerprint density at radius 3 is 2.82 bits per heavy atom. The number of nitrogens with zero attached hydrogens (tertiary/aromatic N) is 3. The maximum atomic E-state index is 12.1. The average Bonchev–Trinajstić information content (AvgIpc) is 2.82. The summed E-state index contributed by atoms with van der Waals surface area (Å²) in [5.74, 6) is 1.96. The second kappa shape index (κ2) is 7.31. The Hall–Kier alpha value is -2.02. The van der Waals surface area contributed by atoms with E-state index in [0.29, 0.717) is 11.0 Å². The van der Waals surface area contributed by atoms with Crippen molar-refractivity contribution in [2.75, 3.05) is 17.8 Å². The van der Waals surface area contributed by atoms with Crippen LogP contribution in [0.5, 0.6) is 5.75 Å². The monoisotopic (exact) mass is 320 g/mol. The molecule has 1 aromatic heterocycles. The van der Waals surface area contributed by atoms with E-state index in [1.807, 2.05) is 39.0 Å². The molecule has 1 heterocycles. The number of nitrogens with one attached hydrogen (secondary N) is 1. The lowest BCUT2D eigenvalue weighted by molar-refractivity contribution is -0.119. The molecule has 0 bridgehead atoms. The first-order chi connectivity index (χ1) is 10.5. The summed E-state index contributed by atoms with van der Waals surface area (Å²) in [5, 5.41) is 8.66. The minimum absolute atomic E-state index is 0.0574. The van der Waals surface area contributed by atoms with Crippen LogP contribution in [0.4, 0.5) is 0 Å². The summed E-state index contributed by atoms with van der Waals surface area (Å²) in [7, 11) is 0. The van der Waals surface area contributed by atoms with Crippen LogP contribution in [0.1, 0.15) is 23.9 Å². The summed E-state index contributed by atoms with van der Waals surface area (Å²) in [5.41, 5.74) is 4.93. The lowest BCUT2D eigenvalue weighted by Crippen LogP contribution is -2.29. The Labute approximate surface area is 134 Å². The number of carbonyl (C=O) groups excluding carboxylic acids is 1. The summed E-state index contributed by atoms with van der Waals surface area (Å²) in [6, 6.07) is 5.78. The summed E-state index contributed by atoms with van der Waals surface area (Å²) >= 11 is 1.52. The maximum Gasteiger partial charge on any atom is 0.276 e. The second-order valence-electron chi connectivity index (χ2n) is 4.82. The van der Waals surface area contributed by atoms with Gasteiger partial charge in [-0.2, -0.15) is 0 Å². The molecule has 2 aromatic rings. The summed E-state index contributed by atoms with van der Waals surface area (Å²) in [4.78, 5) is 12.1. The highest BCUT2D eigenvalue weighted by Gasteiger charge is 2.12. The van der Waals surface area contributed by atoms with Crippen LogP contribution in [0, 0.1) is 20.8 Å². The predicted octanol–water partition coefficient (Wildman–Crippen LogP) is 2.46. The fraction of sp³-hybridized carbons (Fsp3) is 0.400. The molecule has 0 spiro atoms. The largest absolute Gasteiger partial charge is 0.483 e. The van der Waals surface area contributed by atoms with Gasteiger partial charge >= 0.3 is 0 Å². The predicted molar refractivity (Wildman–Crippen MR) is 86.9 cm³/mol. The van der Waals surface area contributed by atoms with E-state index in [4.69, 9.17) is 4.74 Å². The van der Waals surface area contributed by atoms with Crippen LogP contribution >= 0.6 is 11.8 Å². The molecule has 0 aliphatic rings. The fourth-order valence-corrected chi connectivity index (χ4v) is 2.54. The Morgan fingerprint density at radius 1 is 1.32 bits per heavy atom. The normalized spacial score (nSPS) is 10.5.